The van der Waals surface area contributed by atoms with Gasteiger partial charge in [-0.3, -0.25) is 10.1 Å². The fourth-order valence-corrected chi connectivity index (χ4v) is 3.06. The van der Waals surface area contributed by atoms with E-state index in [9.17, 15) is 9.18 Å². The number of rotatable bonds is 4. The summed E-state index contributed by atoms with van der Waals surface area (Å²) >= 11 is 1.27. The van der Waals surface area contributed by atoms with Crippen molar-refractivity contribution in [3.8, 4) is 17.1 Å². The van der Waals surface area contributed by atoms with Crippen molar-refractivity contribution in [1.29, 1.82) is 0 Å². The van der Waals surface area contributed by atoms with Crippen molar-refractivity contribution in [3.63, 3.8) is 0 Å². The highest BCUT2D eigenvalue weighted by Gasteiger charge is 2.11. The predicted octanol–water partition coefficient (Wildman–Crippen LogP) is 3.78. The van der Waals surface area contributed by atoms with Crippen molar-refractivity contribution in [2.45, 2.75) is 0 Å². The van der Waals surface area contributed by atoms with Crippen LogP contribution in [0.4, 0.5) is 9.52 Å². The molecule has 3 heterocycles. The van der Waals surface area contributed by atoms with Crippen LogP contribution in [0.2, 0.25) is 0 Å². The third-order valence-corrected chi connectivity index (χ3v) is 4.35. The second kappa shape index (κ2) is 6.85. The second-order valence-electron chi connectivity index (χ2n) is 5.36. The van der Waals surface area contributed by atoms with E-state index >= 15 is 0 Å². The van der Waals surface area contributed by atoms with E-state index in [1.807, 2.05) is 0 Å². The monoisotopic (exact) mass is 365 g/mol. The molecule has 0 bridgehead atoms. The third-order valence-electron chi connectivity index (χ3n) is 3.59. The fourth-order valence-electron chi connectivity index (χ4n) is 2.34. The van der Waals surface area contributed by atoms with E-state index in [2.05, 4.69) is 20.4 Å². The molecule has 0 aliphatic carbocycles. The molecule has 0 saturated carbocycles. The number of anilines is 1. The van der Waals surface area contributed by atoms with E-state index in [1.165, 1.54) is 29.7 Å². The summed E-state index contributed by atoms with van der Waals surface area (Å²) < 4.78 is 14.9. The van der Waals surface area contributed by atoms with E-state index in [1.54, 1.807) is 52.8 Å². The highest BCUT2D eigenvalue weighted by atomic mass is 32.1. The fraction of sp³-hybridized carbons (Fsp3) is 0. The van der Waals surface area contributed by atoms with E-state index in [0.717, 1.165) is 0 Å². The molecule has 0 aliphatic heterocycles. The van der Waals surface area contributed by atoms with E-state index in [4.69, 9.17) is 0 Å². The van der Waals surface area contributed by atoms with Crippen LogP contribution in [0, 0.1) is 5.82 Å². The van der Waals surface area contributed by atoms with Crippen molar-refractivity contribution in [2.24, 2.45) is 0 Å². The first-order valence-corrected chi connectivity index (χ1v) is 8.56. The molecular formula is C18H12FN5OS. The molecule has 0 atom stereocenters. The molecule has 3 aromatic heterocycles. The lowest BCUT2D eigenvalue weighted by atomic mass is 10.2. The topological polar surface area (TPSA) is 72.7 Å². The van der Waals surface area contributed by atoms with Crippen molar-refractivity contribution >= 4 is 22.4 Å². The summed E-state index contributed by atoms with van der Waals surface area (Å²) in [6.07, 6.45) is 4.90. The smallest absolute Gasteiger partial charge is 0.259 e. The van der Waals surface area contributed by atoms with Gasteiger partial charge in [-0.05, 0) is 30.3 Å². The molecule has 1 aromatic carbocycles. The Kier molecular flexibility index (Phi) is 4.24. The summed E-state index contributed by atoms with van der Waals surface area (Å²) in [5.41, 5.74) is 1.67. The Morgan fingerprint density at radius 3 is 2.85 bits per heavy atom. The maximum atomic E-state index is 13.3. The van der Waals surface area contributed by atoms with Crippen molar-refractivity contribution in [3.05, 3.63) is 77.8 Å². The average Bonchev–Trinajstić information content (AvgIpc) is 3.34. The lowest BCUT2D eigenvalue weighted by Gasteiger charge is -2.03. The summed E-state index contributed by atoms with van der Waals surface area (Å²) in [7, 11) is 0. The van der Waals surface area contributed by atoms with Crippen LogP contribution < -0.4 is 5.32 Å². The Morgan fingerprint density at radius 2 is 2.12 bits per heavy atom. The third kappa shape index (κ3) is 3.35. The number of carbonyl (C=O) groups excluding carboxylic acids is 1. The van der Waals surface area contributed by atoms with Crippen LogP contribution in [0.15, 0.2) is 66.4 Å². The summed E-state index contributed by atoms with van der Waals surface area (Å²) in [4.78, 5) is 20.9. The van der Waals surface area contributed by atoms with Gasteiger partial charge in [0, 0.05) is 29.5 Å². The molecule has 0 fully saturated rings. The first kappa shape index (κ1) is 16.1. The Labute approximate surface area is 152 Å². The number of benzene rings is 1. The number of halogens is 1. The van der Waals surface area contributed by atoms with Crippen LogP contribution in [0.25, 0.3) is 17.1 Å². The number of thiazole rings is 1. The number of hydrogen-bond donors (Lipinski definition) is 1. The van der Waals surface area contributed by atoms with Crippen LogP contribution in [0.3, 0.4) is 0 Å². The molecule has 1 amide bonds. The molecular weight excluding hydrogens is 353 g/mol. The Hall–Kier alpha value is -3.39. The van der Waals surface area contributed by atoms with Gasteiger partial charge in [0.25, 0.3) is 5.91 Å². The summed E-state index contributed by atoms with van der Waals surface area (Å²) in [6, 6.07) is 11.3. The SMILES string of the molecule is O=C(Nc1nc(-c2cccc(F)c2)cs1)c1ccc(-n2cccn2)nc1. The standard InChI is InChI=1S/C18H12FN5OS/c19-14-4-1-3-12(9-14)15-11-26-18(22-15)23-17(25)13-5-6-16(20-10-13)24-8-2-7-21-24/h1-11H,(H,22,23,25). The molecule has 4 aromatic rings. The van der Waals surface area contributed by atoms with Crippen LogP contribution in [-0.2, 0) is 0 Å². The quantitative estimate of drug-likeness (QED) is 0.597. The molecule has 0 unspecified atom stereocenters. The zero-order valence-electron chi connectivity index (χ0n) is 13.3. The minimum Gasteiger partial charge on any atom is -0.298 e. The molecule has 26 heavy (non-hydrogen) atoms. The van der Waals surface area contributed by atoms with Crippen molar-refractivity contribution in [2.75, 3.05) is 5.32 Å². The van der Waals surface area contributed by atoms with Gasteiger partial charge < -0.3 is 0 Å². The van der Waals surface area contributed by atoms with E-state index in [-0.39, 0.29) is 11.7 Å². The van der Waals surface area contributed by atoms with Gasteiger partial charge in [0.1, 0.15) is 5.82 Å². The molecule has 1 N–H and O–H groups in total. The minimum atomic E-state index is -0.329. The predicted molar refractivity (Wildman–Crippen MR) is 96.8 cm³/mol. The van der Waals surface area contributed by atoms with Gasteiger partial charge in [0.2, 0.25) is 0 Å². The van der Waals surface area contributed by atoms with E-state index in [0.29, 0.717) is 27.8 Å². The first-order valence-electron chi connectivity index (χ1n) is 7.68. The number of nitrogens with one attached hydrogen (secondary N) is 1. The number of carbonyl (C=O) groups is 1. The number of hydrogen-bond acceptors (Lipinski definition) is 5. The molecule has 0 aliphatic rings. The van der Waals surface area contributed by atoms with Gasteiger partial charge in [-0.1, -0.05) is 12.1 Å². The van der Waals surface area contributed by atoms with Gasteiger partial charge in [0.05, 0.1) is 11.3 Å². The molecule has 8 heteroatoms. The Morgan fingerprint density at radius 1 is 1.19 bits per heavy atom. The van der Waals surface area contributed by atoms with Gasteiger partial charge in [-0.25, -0.2) is 19.0 Å². The largest absolute Gasteiger partial charge is 0.298 e. The Bertz CT molecular complexity index is 1040. The molecule has 128 valence electrons. The molecule has 4 rings (SSSR count). The minimum absolute atomic E-state index is 0.315. The second-order valence-corrected chi connectivity index (χ2v) is 6.22. The number of amides is 1. The summed E-state index contributed by atoms with van der Waals surface area (Å²) in [6.45, 7) is 0. The van der Waals surface area contributed by atoms with Crippen molar-refractivity contribution < 1.29 is 9.18 Å². The Balaban J connectivity index is 1.48. The zero-order chi connectivity index (χ0) is 17.9. The summed E-state index contributed by atoms with van der Waals surface area (Å²) in [5, 5.41) is 9.02. The maximum Gasteiger partial charge on any atom is 0.259 e. The van der Waals surface area contributed by atoms with Crippen LogP contribution in [0.1, 0.15) is 10.4 Å². The highest BCUT2D eigenvalue weighted by Crippen LogP contribution is 2.25. The van der Waals surface area contributed by atoms with Crippen LogP contribution >= 0.6 is 11.3 Å². The van der Waals surface area contributed by atoms with Crippen LogP contribution in [-0.4, -0.2) is 25.7 Å². The number of aromatic nitrogens is 4. The zero-order valence-corrected chi connectivity index (χ0v) is 14.2. The highest BCUT2D eigenvalue weighted by molar-refractivity contribution is 7.14. The van der Waals surface area contributed by atoms with Gasteiger partial charge in [-0.2, -0.15) is 5.10 Å². The van der Waals surface area contributed by atoms with Crippen molar-refractivity contribution in [1.82, 2.24) is 19.7 Å². The molecule has 0 saturated heterocycles. The van der Waals surface area contributed by atoms with E-state index < -0.39 is 0 Å². The lowest BCUT2D eigenvalue weighted by Crippen LogP contribution is -2.12. The molecule has 0 spiro atoms. The lowest BCUT2D eigenvalue weighted by molar-refractivity contribution is 0.102. The van der Waals surface area contributed by atoms with Crippen LogP contribution in [0.5, 0.6) is 0 Å². The van der Waals surface area contributed by atoms with Gasteiger partial charge in [0.15, 0.2) is 10.9 Å². The molecule has 6 nitrogen and oxygen atoms in total. The van der Waals surface area contributed by atoms with Gasteiger partial charge >= 0.3 is 0 Å². The number of nitrogens with zero attached hydrogens (tertiary/aromatic N) is 4. The normalized spacial score (nSPS) is 10.7. The van der Waals surface area contributed by atoms with Gasteiger partial charge in [-0.15, -0.1) is 11.3 Å². The summed E-state index contributed by atoms with van der Waals surface area (Å²) in [5.74, 6) is -0.0247. The maximum absolute atomic E-state index is 13.3. The molecule has 0 radical (unpaired) electrons. The first-order chi connectivity index (χ1) is 12.7. The average molecular weight is 365 g/mol. The number of pyridine rings is 1.